The molecule has 6 N–H and O–H groups in total. The van der Waals surface area contributed by atoms with Crippen molar-refractivity contribution in [1.82, 2.24) is 0 Å². The number of rotatable bonds is 1. The van der Waals surface area contributed by atoms with Gasteiger partial charge in [-0.2, -0.15) is 0 Å². The van der Waals surface area contributed by atoms with Crippen LogP contribution in [0.3, 0.4) is 0 Å². The van der Waals surface area contributed by atoms with E-state index in [4.69, 9.17) is 25.8 Å². The summed E-state index contributed by atoms with van der Waals surface area (Å²) < 4.78 is 4.70. The molecule has 0 aromatic heterocycles. The lowest BCUT2D eigenvalue weighted by atomic mass is 9.99. The molecule has 1 heterocycles. The topological polar surface area (TPSA) is 116 Å². The number of hydrogen-bond donors (Lipinski definition) is 5. The standard InChI is InChI=1S/C6H13NO5/c7-1-2-3(8)4(9)5(10)6(11)12-2/h2-6,8-11H,1,7H2/t2-,3-,4?,5-,6-/m1/s1. The van der Waals surface area contributed by atoms with Gasteiger partial charge in [0.1, 0.15) is 24.4 Å². The van der Waals surface area contributed by atoms with E-state index in [-0.39, 0.29) is 6.54 Å². The molecule has 0 saturated carbocycles. The number of aliphatic hydroxyl groups excluding tert-OH is 4. The number of nitrogens with two attached hydrogens (primary N) is 1. The van der Waals surface area contributed by atoms with E-state index in [1.165, 1.54) is 0 Å². The molecule has 0 bridgehead atoms. The van der Waals surface area contributed by atoms with Gasteiger partial charge in [0, 0.05) is 6.54 Å². The summed E-state index contributed by atoms with van der Waals surface area (Å²) in [5.41, 5.74) is 5.17. The first-order chi connectivity index (χ1) is 5.57. The molecule has 1 rings (SSSR count). The maximum atomic E-state index is 9.20. The molecule has 1 aliphatic heterocycles. The zero-order chi connectivity index (χ0) is 9.30. The molecular formula is C6H13NO5. The van der Waals surface area contributed by atoms with Crippen molar-refractivity contribution in [1.29, 1.82) is 0 Å². The molecule has 0 spiro atoms. The zero-order valence-electron chi connectivity index (χ0n) is 6.37. The highest BCUT2D eigenvalue weighted by Crippen LogP contribution is 2.18. The van der Waals surface area contributed by atoms with Crippen LogP contribution in [0.2, 0.25) is 0 Å². The second kappa shape index (κ2) is 3.65. The molecule has 1 fully saturated rings. The summed E-state index contributed by atoms with van der Waals surface area (Å²) in [5, 5.41) is 36.3. The number of hydrogen-bond acceptors (Lipinski definition) is 6. The summed E-state index contributed by atoms with van der Waals surface area (Å²) in [5.74, 6) is 0. The molecule has 0 aliphatic carbocycles. The molecule has 1 saturated heterocycles. The molecule has 0 aromatic rings. The second-order valence-corrected chi connectivity index (χ2v) is 2.77. The molecular weight excluding hydrogens is 166 g/mol. The molecule has 6 nitrogen and oxygen atoms in total. The molecule has 12 heavy (non-hydrogen) atoms. The minimum Gasteiger partial charge on any atom is -0.388 e. The van der Waals surface area contributed by atoms with E-state index in [1.54, 1.807) is 0 Å². The fraction of sp³-hybridized carbons (Fsp3) is 1.00. The van der Waals surface area contributed by atoms with Crippen molar-refractivity contribution in [2.75, 3.05) is 6.54 Å². The van der Waals surface area contributed by atoms with Crippen LogP contribution < -0.4 is 5.73 Å². The van der Waals surface area contributed by atoms with Crippen LogP contribution in [-0.4, -0.2) is 57.7 Å². The van der Waals surface area contributed by atoms with Gasteiger partial charge in [-0.1, -0.05) is 0 Å². The lowest BCUT2D eigenvalue weighted by Gasteiger charge is -2.37. The highest BCUT2D eigenvalue weighted by molar-refractivity contribution is 4.88. The molecule has 0 amide bonds. The van der Waals surface area contributed by atoms with Gasteiger partial charge in [-0.05, 0) is 0 Å². The highest BCUT2D eigenvalue weighted by atomic mass is 16.6. The fourth-order valence-corrected chi connectivity index (χ4v) is 1.13. The van der Waals surface area contributed by atoms with E-state index in [9.17, 15) is 5.11 Å². The maximum absolute atomic E-state index is 9.20. The Kier molecular flexibility index (Phi) is 2.99. The Balaban J connectivity index is 2.63. The Hall–Kier alpha value is -0.240. The van der Waals surface area contributed by atoms with E-state index in [1.807, 2.05) is 0 Å². The molecule has 5 atom stereocenters. The maximum Gasteiger partial charge on any atom is 0.184 e. The third-order valence-corrected chi connectivity index (χ3v) is 1.92. The van der Waals surface area contributed by atoms with Crippen molar-refractivity contribution in [2.24, 2.45) is 5.73 Å². The zero-order valence-corrected chi connectivity index (χ0v) is 6.37. The van der Waals surface area contributed by atoms with Gasteiger partial charge in [-0.25, -0.2) is 0 Å². The summed E-state index contributed by atoms with van der Waals surface area (Å²) >= 11 is 0. The predicted molar refractivity (Wildman–Crippen MR) is 38.0 cm³/mol. The first-order valence-corrected chi connectivity index (χ1v) is 3.65. The van der Waals surface area contributed by atoms with Crippen molar-refractivity contribution in [2.45, 2.75) is 30.7 Å². The summed E-state index contributed by atoms with van der Waals surface area (Å²) in [6.45, 7) is -0.0258. The van der Waals surface area contributed by atoms with Crippen LogP contribution in [0.1, 0.15) is 0 Å². The van der Waals surface area contributed by atoms with Crippen molar-refractivity contribution in [3.8, 4) is 0 Å². The van der Waals surface area contributed by atoms with Crippen LogP contribution in [0.25, 0.3) is 0 Å². The van der Waals surface area contributed by atoms with Gasteiger partial charge < -0.3 is 30.9 Å². The summed E-state index contributed by atoms with van der Waals surface area (Å²) in [6, 6.07) is 0. The van der Waals surface area contributed by atoms with Gasteiger partial charge in [-0.3, -0.25) is 0 Å². The SMILES string of the molecule is NC[C@H]1O[C@@H](O)[C@H](O)C(O)[C@@H]1O. The normalized spacial score (nSPS) is 49.2. The van der Waals surface area contributed by atoms with Crippen LogP contribution in [0.4, 0.5) is 0 Å². The predicted octanol–water partition coefficient (Wildman–Crippen LogP) is -3.25. The first-order valence-electron chi connectivity index (χ1n) is 3.65. The van der Waals surface area contributed by atoms with Crippen molar-refractivity contribution >= 4 is 0 Å². The van der Waals surface area contributed by atoms with Crippen molar-refractivity contribution in [3.63, 3.8) is 0 Å². The van der Waals surface area contributed by atoms with Gasteiger partial charge in [0.15, 0.2) is 6.29 Å². The Morgan fingerprint density at radius 2 is 1.58 bits per heavy atom. The number of ether oxygens (including phenoxy) is 1. The average molecular weight is 179 g/mol. The Morgan fingerprint density at radius 1 is 1.00 bits per heavy atom. The van der Waals surface area contributed by atoms with Gasteiger partial charge in [0.25, 0.3) is 0 Å². The minimum atomic E-state index is -1.49. The van der Waals surface area contributed by atoms with Gasteiger partial charge in [0.05, 0.1) is 0 Å². The van der Waals surface area contributed by atoms with Crippen LogP contribution in [0, 0.1) is 0 Å². The van der Waals surface area contributed by atoms with Crippen molar-refractivity contribution in [3.05, 3.63) is 0 Å². The molecule has 0 radical (unpaired) electrons. The highest BCUT2D eigenvalue weighted by Gasteiger charge is 2.42. The van der Waals surface area contributed by atoms with Crippen LogP contribution in [0.5, 0.6) is 0 Å². The molecule has 1 aliphatic rings. The Morgan fingerprint density at radius 3 is 2.08 bits per heavy atom. The fourth-order valence-electron chi connectivity index (χ4n) is 1.13. The molecule has 1 unspecified atom stereocenters. The largest absolute Gasteiger partial charge is 0.388 e. The lowest BCUT2D eigenvalue weighted by molar-refractivity contribution is -0.279. The van der Waals surface area contributed by atoms with E-state index in [0.29, 0.717) is 0 Å². The Labute approximate surface area is 69.2 Å². The lowest BCUT2D eigenvalue weighted by Crippen LogP contribution is -2.59. The third-order valence-electron chi connectivity index (χ3n) is 1.92. The van der Waals surface area contributed by atoms with E-state index in [2.05, 4.69) is 0 Å². The second-order valence-electron chi connectivity index (χ2n) is 2.77. The average Bonchev–Trinajstić information content (AvgIpc) is 2.08. The van der Waals surface area contributed by atoms with Crippen molar-refractivity contribution < 1.29 is 25.2 Å². The Bertz CT molecular complexity index is 150. The van der Waals surface area contributed by atoms with Gasteiger partial charge in [-0.15, -0.1) is 0 Å². The van der Waals surface area contributed by atoms with Crippen LogP contribution in [0.15, 0.2) is 0 Å². The smallest absolute Gasteiger partial charge is 0.184 e. The van der Waals surface area contributed by atoms with E-state index in [0.717, 1.165) is 0 Å². The monoisotopic (exact) mass is 179 g/mol. The van der Waals surface area contributed by atoms with E-state index < -0.39 is 30.7 Å². The number of aliphatic hydroxyl groups is 4. The quantitative estimate of drug-likeness (QED) is 0.288. The van der Waals surface area contributed by atoms with Gasteiger partial charge in [0.2, 0.25) is 0 Å². The third kappa shape index (κ3) is 1.58. The first kappa shape index (κ1) is 9.85. The molecule has 6 heteroatoms. The summed E-state index contributed by atoms with van der Waals surface area (Å²) in [4.78, 5) is 0. The summed E-state index contributed by atoms with van der Waals surface area (Å²) in [7, 11) is 0. The molecule has 72 valence electrons. The van der Waals surface area contributed by atoms with Gasteiger partial charge >= 0.3 is 0 Å². The molecule has 0 aromatic carbocycles. The van der Waals surface area contributed by atoms with Crippen LogP contribution in [-0.2, 0) is 4.74 Å². The summed E-state index contributed by atoms with van der Waals surface area (Å²) in [6.07, 6.45) is -6.48. The van der Waals surface area contributed by atoms with E-state index >= 15 is 0 Å². The van der Waals surface area contributed by atoms with Crippen LogP contribution >= 0.6 is 0 Å². The minimum absolute atomic E-state index is 0.0258.